The first-order chi connectivity index (χ1) is 8.52. The molecule has 0 aromatic carbocycles. The minimum Gasteiger partial charge on any atom is -0.506 e. The highest BCUT2D eigenvalue weighted by molar-refractivity contribution is 5.83. The third-order valence-electron chi connectivity index (χ3n) is 2.17. The number of aromatic nitrogens is 1. The number of hydrogen-bond donors (Lipinski definition) is 2. The van der Waals surface area contributed by atoms with E-state index in [1.54, 1.807) is 13.0 Å². The van der Waals surface area contributed by atoms with E-state index < -0.39 is 12.0 Å². The molecule has 1 aromatic heterocycles. The second kappa shape index (κ2) is 6.58. The number of nitrogens with zero attached hydrogens (tertiary/aromatic N) is 1. The Morgan fingerprint density at radius 3 is 2.72 bits per heavy atom. The van der Waals surface area contributed by atoms with Crippen molar-refractivity contribution in [1.82, 2.24) is 10.3 Å². The molecule has 0 aliphatic rings. The summed E-state index contributed by atoms with van der Waals surface area (Å²) in [5.74, 6) is -0.764. The van der Waals surface area contributed by atoms with Gasteiger partial charge in [-0.15, -0.1) is 0 Å². The van der Waals surface area contributed by atoms with Gasteiger partial charge < -0.3 is 15.2 Å². The monoisotopic (exact) mass is 252 g/mol. The van der Waals surface area contributed by atoms with Crippen LogP contribution in [0.15, 0.2) is 18.3 Å². The molecule has 1 unspecified atom stereocenters. The van der Waals surface area contributed by atoms with E-state index in [9.17, 15) is 9.59 Å². The Bertz CT molecular complexity index is 417. The highest BCUT2D eigenvalue weighted by Gasteiger charge is 2.21. The topological polar surface area (TPSA) is 88.5 Å². The van der Waals surface area contributed by atoms with Crippen molar-refractivity contribution in [3.05, 3.63) is 24.0 Å². The maximum Gasteiger partial charge on any atom is 0.329 e. The van der Waals surface area contributed by atoms with Crippen LogP contribution in [0.25, 0.3) is 0 Å². The van der Waals surface area contributed by atoms with Crippen LogP contribution in [-0.4, -0.2) is 34.6 Å². The third kappa shape index (κ3) is 4.40. The number of carbonyl (C=O) groups is 2. The smallest absolute Gasteiger partial charge is 0.329 e. The normalized spacial score (nSPS) is 11.7. The molecule has 6 nitrogen and oxygen atoms in total. The fourth-order valence-corrected chi connectivity index (χ4v) is 1.43. The maximum absolute atomic E-state index is 11.6. The minimum atomic E-state index is -0.764. The predicted octanol–water partition coefficient (Wildman–Crippen LogP) is 0.397. The molecule has 0 aliphatic carbocycles. The molecule has 1 aromatic rings. The van der Waals surface area contributed by atoms with E-state index >= 15 is 0 Å². The molecule has 1 amide bonds. The zero-order chi connectivity index (χ0) is 13.5. The second-order valence-corrected chi connectivity index (χ2v) is 3.72. The van der Waals surface area contributed by atoms with Crippen LogP contribution < -0.4 is 5.32 Å². The minimum absolute atomic E-state index is 0.0472. The molecule has 0 fully saturated rings. The quantitative estimate of drug-likeness (QED) is 0.740. The Hall–Kier alpha value is -2.11. The average Bonchev–Trinajstić information content (AvgIpc) is 2.31. The van der Waals surface area contributed by atoms with Crippen LogP contribution in [-0.2, 0) is 20.7 Å². The highest BCUT2D eigenvalue weighted by atomic mass is 16.5. The number of nitrogens with one attached hydrogen (secondary N) is 1. The largest absolute Gasteiger partial charge is 0.506 e. The molecule has 0 saturated heterocycles. The maximum atomic E-state index is 11.6. The summed E-state index contributed by atoms with van der Waals surface area (Å²) in [6.45, 7) is 3.27. The van der Waals surface area contributed by atoms with E-state index in [0.29, 0.717) is 5.69 Å². The van der Waals surface area contributed by atoms with Crippen molar-refractivity contribution in [2.75, 3.05) is 6.61 Å². The van der Waals surface area contributed by atoms with Crippen LogP contribution in [0.5, 0.6) is 5.75 Å². The van der Waals surface area contributed by atoms with Gasteiger partial charge >= 0.3 is 5.97 Å². The van der Waals surface area contributed by atoms with Gasteiger partial charge in [0.25, 0.3) is 0 Å². The zero-order valence-corrected chi connectivity index (χ0v) is 10.3. The van der Waals surface area contributed by atoms with E-state index in [2.05, 4.69) is 10.3 Å². The van der Waals surface area contributed by atoms with Crippen LogP contribution in [0.2, 0.25) is 0 Å². The molecule has 6 heteroatoms. The lowest BCUT2D eigenvalue weighted by Gasteiger charge is -2.15. The number of carbonyl (C=O) groups excluding carboxylic acids is 2. The summed E-state index contributed by atoms with van der Waals surface area (Å²) in [6, 6.07) is 2.29. The number of ether oxygens (including phenoxy) is 1. The number of aromatic hydroxyl groups is 1. The number of hydrogen-bond acceptors (Lipinski definition) is 5. The molecule has 98 valence electrons. The van der Waals surface area contributed by atoms with Gasteiger partial charge in [-0.05, 0) is 19.1 Å². The summed E-state index contributed by atoms with van der Waals surface area (Å²) in [5.41, 5.74) is 0.583. The van der Waals surface area contributed by atoms with Gasteiger partial charge in [-0.1, -0.05) is 0 Å². The van der Waals surface area contributed by atoms with Gasteiger partial charge in [0, 0.05) is 19.0 Å². The van der Waals surface area contributed by atoms with Gasteiger partial charge in [-0.25, -0.2) is 4.79 Å². The summed E-state index contributed by atoms with van der Waals surface area (Å²) in [5, 5.41) is 11.6. The Morgan fingerprint density at radius 2 is 2.22 bits per heavy atom. The molecule has 0 bridgehead atoms. The molecule has 0 aliphatic heterocycles. The summed E-state index contributed by atoms with van der Waals surface area (Å²) in [4.78, 5) is 26.6. The van der Waals surface area contributed by atoms with Crippen molar-refractivity contribution in [3.8, 4) is 5.75 Å². The van der Waals surface area contributed by atoms with E-state index in [1.165, 1.54) is 19.2 Å². The van der Waals surface area contributed by atoms with Gasteiger partial charge in [0.05, 0.1) is 12.8 Å². The van der Waals surface area contributed by atoms with Crippen molar-refractivity contribution < 1.29 is 19.4 Å². The van der Waals surface area contributed by atoms with Crippen molar-refractivity contribution in [2.45, 2.75) is 26.3 Å². The number of amides is 1. The lowest BCUT2D eigenvalue weighted by atomic mass is 10.1. The molecule has 0 radical (unpaired) electrons. The summed E-state index contributed by atoms with van der Waals surface area (Å²) in [7, 11) is 0. The average molecular weight is 252 g/mol. The van der Waals surface area contributed by atoms with E-state index in [1.807, 2.05) is 0 Å². The molecule has 18 heavy (non-hydrogen) atoms. The number of pyridine rings is 1. The van der Waals surface area contributed by atoms with Gasteiger partial charge in [0.2, 0.25) is 5.91 Å². The van der Waals surface area contributed by atoms with E-state index in [-0.39, 0.29) is 24.7 Å². The Balaban J connectivity index is 2.74. The van der Waals surface area contributed by atoms with E-state index in [4.69, 9.17) is 9.84 Å². The molecular formula is C12H16N2O4. The Kier molecular flexibility index (Phi) is 5.10. The van der Waals surface area contributed by atoms with E-state index in [0.717, 1.165) is 0 Å². The van der Waals surface area contributed by atoms with Gasteiger partial charge in [0.15, 0.2) is 0 Å². The van der Waals surface area contributed by atoms with Crippen molar-refractivity contribution in [3.63, 3.8) is 0 Å². The lowest BCUT2D eigenvalue weighted by Crippen LogP contribution is -2.42. The predicted molar refractivity (Wildman–Crippen MR) is 63.8 cm³/mol. The van der Waals surface area contributed by atoms with Crippen molar-refractivity contribution >= 4 is 11.9 Å². The fraction of sp³-hybridized carbons (Fsp3) is 0.417. The molecule has 1 rings (SSSR count). The fourth-order valence-electron chi connectivity index (χ4n) is 1.43. The molecular weight excluding hydrogens is 236 g/mol. The molecule has 0 saturated carbocycles. The molecule has 1 atom stereocenters. The van der Waals surface area contributed by atoms with Gasteiger partial charge in [0.1, 0.15) is 11.8 Å². The molecule has 1 heterocycles. The zero-order valence-electron chi connectivity index (χ0n) is 10.3. The second-order valence-electron chi connectivity index (χ2n) is 3.72. The van der Waals surface area contributed by atoms with Crippen molar-refractivity contribution in [1.29, 1.82) is 0 Å². The van der Waals surface area contributed by atoms with Crippen LogP contribution in [0.4, 0.5) is 0 Å². The highest BCUT2D eigenvalue weighted by Crippen LogP contribution is 2.08. The van der Waals surface area contributed by atoms with Crippen LogP contribution in [0.3, 0.4) is 0 Å². The molecule has 2 N–H and O–H groups in total. The van der Waals surface area contributed by atoms with Crippen molar-refractivity contribution in [2.24, 2.45) is 0 Å². The van der Waals surface area contributed by atoms with Crippen LogP contribution >= 0.6 is 0 Å². The first-order valence-corrected chi connectivity index (χ1v) is 5.60. The third-order valence-corrected chi connectivity index (χ3v) is 2.17. The SMILES string of the molecule is CCOC(=O)C(Cc1ccc(O)cn1)NC(C)=O. The lowest BCUT2D eigenvalue weighted by molar-refractivity contribution is -0.147. The van der Waals surface area contributed by atoms with Gasteiger partial charge in [-0.2, -0.15) is 0 Å². The van der Waals surface area contributed by atoms with Crippen LogP contribution in [0.1, 0.15) is 19.5 Å². The first-order valence-electron chi connectivity index (χ1n) is 5.60. The summed E-state index contributed by atoms with van der Waals surface area (Å²) in [6.07, 6.45) is 1.50. The molecule has 0 spiro atoms. The number of esters is 1. The summed E-state index contributed by atoms with van der Waals surface area (Å²) >= 11 is 0. The number of rotatable bonds is 5. The Labute approximate surface area is 105 Å². The van der Waals surface area contributed by atoms with Gasteiger partial charge in [-0.3, -0.25) is 9.78 Å². The first kappa shape index (κ1) is 14.0. The van der Waals surface area contributed by atoms with Crippen LogP contribution in [0, 0.1) is 0 Å². The Morgan fingerprint density at radius 1 is 1.50 bits per heavy atom. The standard InChI is InChI=1S/C12H16N2O4/c1-3-18-12(17)11(14-8(2)15)6-9-4-5-10(16)7-13-9/h4-5,7,11,16H,3,6H2,1-2H3,(H,14,15). The summed E-state index contributed by atoms with van der Waals surface area (Å²) < 4.78 is 4.87.